The molecule has 2 rings (SSSR count). The van der Waals surface area contributed by atoms with Gasteiger partial charge in [0.2, 0.25) is 0 Å². The first-order valence-electron chi connectivity index (χ1n) is 5.49. The Bertz CT molecular complexity index is 665. The Morgan fingerprint density at radius 3 is 2.42 bits per heavy atom. The van der Waals surface area contributed by atoms with E-state index < -0.39 is 0 Å². The highest BCUT2D eigenvalue weighted by molar-refractivity contribution is 5.66. The van der Waals surface area contributed by atoms with Crippen molar-refractivity contribution < 1.29 is 4.74 Å². The lowest BCUT2D eigenvalue weighted by atomic mass is 10.1. The van der Waals surface area contributed by atoms with Crippen molar-refractivity contribution in [3.8, 4) is 29.3 Å². The van der Waals surface area contributed by atoms with Gasteiger partial charge in [0.05, 0.1) is 18.4 Å². The quantitative estimate of drug-likeness (QED) is 0.668. The van der Waals surface area contributed by atoms with Crippen LogP contribution in [0.2, 0.25) is 0 Å². The third-order valence-electron chi connectivity index (χ3n) is 2.58. The van der Waals surface area contributed by atoms with E-state index in [9.17, 15) is 0 Å². The zero-order valence-electron chi connectivity index (χ0n) is 10.2. The number of nitrogens with zero attached hydrogens (tertiary/aromatic N) is 3. The second-order valence-corrected chi connectivity index (χ2v) is 3.67. The molecular formula is C14H10N4O. The van der Waals surface area contributed by atoms with Crippen LogP contribution in [0.5, 0.6) is 5.75 Å². The van der Waals surface area contributed by atoms with E-state index in [-0.39, 0.29) is 5.82 Å². The summed E-state index contributed by atoms with van der Waals surface area (Å²) >= 11 is 0. The van der Waals surface area contributed by atoms with Gasteiger partial charge in [0, 0.05) is 5.56 Å². The summed E-state index contributed by atoms with van der Waals surface area (Å²) in [6.07, 6.45) is 1.77. The van der Waals surface area contributed by atoms with Gasteiger partial charge < -0.3 is 4.74 Å². The molecule has 0 atom stereocenters. The lowest BCUT2D eigenvalue weighted by Crippen LogP contribution is -1.97. The van der Waals surface area contributed by atoms with Crippen LogP contribution in [0.3, 0.4) is 0 Å². The van der Waals surface area contributed by atoms with Gasteiger partial charge in [-0.3, -0.25) is 5.32 Å². The number of hydrogen-bond donors (Lipinski definition) is 1. The fourth-order valence-corrected chi connectivity index (χ4v) is 1.62. The van der Waals surface area contributed by atoms with Gasteiger partial charge in [-0.2, -0.15) is 10.5 Å². The van der Waals surface area contributed by atoms with Crippen molar-refractivity contribution >= 4 is 5.82 Å². The van der Waals surface area contributed by atoms with E-state index in [4.69, 9.17) is 15.3 Å². The summed E-state index contributed by atoms with van der Waals surface area (Å²) in [4.78, 5) is 4.26. The molecule has 5 heteroatoms. The summed E-state index contributed by atoms with van der Waals surface area (Å²) in [5, 5.41) is 20.0. The molecule has 2 aromatic rings. The Balaban J connectivity index is 2.42. The minimum Gasteiger partial charge on any atom is -0.497 e. The molecule has 19 heavy (non-hydrogen) atoms. The zero-order chi connectivity index (χ0) is 13.7. The van der Waals surface area contributed by atoms with E-state index in [1.165, 1.54) is 0 Å². The number of nitriles is 2. The molecule has 0 radical (unpaired) electrons. The highest BCUT2D eigenvalue weighted by Crippen LogP contribution is 2.23. The van der Waals surface area contributed by atoms with Crippen molar-refractivity contribution in [3.63, 3.8) is 0 Å². The molecule has 0 saturated heterocycles. The lowest BCUT2D eigenvalue weighted by Gasteiger charge is -2.06. The summed E-state index contributed by atoms with van der Waals surface area (Å²) in [7, 11) is 1.60. The largest absolute Gasteiger partial charge is 0.497 e. The van der Waals surface area contributed by atoms with Gasteiger partial charge in [-0.1, -0.05) is 0 Å². The topological polar surface area (TPSA) is 81.7 Å². The van der Waals surface area contributed by atoms with Crippen LogP contribution < -0.4 is 10.1 Å². The number of nitrogens with one attached hydrogen (secondary N) is 1. The lowest BCUT2D eigenvalue weighted by molar-refractivity contribution is 0.415. The molecule has 0 aliphatic heterocycles. The molecule has 1 aromatic heterocycles. The van der Waals surface area contributed by atoms with Crippen molar-refractivity contribution in [1.82, 2.24) is 4.98 Å². The van der Waals surface area contributed by atoms with E-state index in [0.29, 0.717) is 11.3 Å². The van der Waals surface area contributed by atoms with Crippen molar-refractivity contribution in [2.24, 2.45) is 0 Å². The van der Waals surface area contributed by atoms with Gasteiger partial charge in [0.25, 0.3) is 0 Å². The summed E-state index contributed by atoms with van der Waals surface area (Å²) < 4.78 is 5.08. The van der Waals surface area contributed by atoms with Crippen LogP contribution in [0.4, 0.5) is 5.82 Å². The maximum atomic E-state index is 8.92. The molecule has 5 nitrogen and oxygen atoms in total. The molecule has 0 fully saturated rings. The van der Waals surface area contributed by atoms with Crippen LogP contribution in [0.15, 0.2) is 36.4 Å². The number of pyridine rings is 1. The van der Waals surface area contributed by atoms with Gasteiger partial charge in [-0.15, -0.1) is 0 Å². The predicted molar refractivity (Wildman–Crippen MR) is 70.2 cm³/mol. The number of benzene rings is 1. The summed E-state index contributed by atoms with van der Waals surface area (Å²) in [6.45, 7) is 0. The molecule has 1 aromatic carbocycles. The van der Waals surface area contributed by atoms with E-state index in [2.05, 4.69) is 10.3 Å². The fraction of sp³-hybridized carbons (Fsp3) is 0.0714. The van der Waals surface area contributed by atoms with Crippen molar-refractivity contribution in [2.75, 3.05) is 12.4 Å². The minimum atomic E-state index is 0.262. The standard InChI is InChI=1S/C14H10N4O/c1-19-12-5-2-10(3-6-12)13-7-4-11(8-15)14(18-13)17-9-16/h2-7H,1H3,(H,17,18). The van der Waals surface area contributed by atoms with Gasteiger partial charge >= 0.3 is 0 Å². The Morgan fingerprint density at radius 1 is 1.11 bits per heavy atom. The smallest absolute Gasteiger partial charge is 0.182 e. The third kappa shape index (κ3) is 2.62. The van der Waals surface area contributed by atoms with Gasteiger partial charge in [0.15, 0.2) is 12.0 Å². The normalized spacial score (nSPS) is 9.21. The second-order valence-electron chi connectivity index (χ2n) is 3.67. The molecule has 92 valence electrons. The number of anilines is 1. The van der Waals surface area contributed by atoms with Gasteiger partial charge in [-0.25, -0.2) is 4.98 Å². The van der Waals surface area contributed by atoms with Crippen molar-refractivity contribution in [2.45, 2.75) is 0 Å². The van der Waals surface area contributed by atoms with Crippen LogP contribution in [0.1, 0.15) is 5.56 Å². The number of aromatic nitrogens is 1. The van der Waals surface area contributed by atoms with E-state index in [0.717, 1.165) is 11.3 Å². The molecule has 0 aliphatic rings. The number of methoxy groups -OCH3 is 1. The molecule has 0 spiro atoms. The van der Waals surface area contributed by atoms with Crippen LogP contribution in [0.25, 0.3) is 11.3 Å². The highest BCUT2D eigenvalue weighted by Gasteiger charge is 2.06. The number of rotatable bonds is 3. The Labute approximate surface area is 110 Å². The van der Waals surface area contributed by atoms with Crippen molar-refractivity contribution in [3.05, 3.63) is 42.0 Å². The highest BCUT2D eigenvalue weighted by atomic mass is 16.5. The van der Waals surface area contributed by atoms with E-state index in [1.54, 1.807) is 25.4 Å². The SMILES string of the molecule is COc1ccc(-c2ccc(C#N)c(NC#N)n2)cc1. The fourth-order valence-electron chi connectivity index (χ4n) is 1.62. The van der Waals surface area contributed by atoms with E-state index in [1.807, 2.05) is 30.3 Å². The van der Waals surface area contributed by atoms with Gasteiger partial charge in [0.1, 0.15) is 11.8 Å². The molecule has 1 heterocycles. The van der Waals surface area contributed by atoms with Crippen LogP contribution in [-0.2, 0) is 0 Å². The maximum Gasteiger partial charge on any atom is 0.182 e. The maximum absolute atomic E-state index is 8.92. The summed E-state index contributed by atoms with van der Waals surface area (Å²) in [6, 6.07) is 12.7. The number of hydrogen-bond acceptors (Lipinski definition) is 5. The molecule has 0 bridgehead atoms. The van der Waals surface area contributed by atoms with Gasteiger partial charge in [-0.05, 0) is 36.4 Å². The molecule has 0 amide bonds. The zero-order valence-corrected chi connectivity index (χ0v) is 10.2. The Kier molecular flexibility index (Phi) is 3.61. The molecule has 1 N–H and O–H groups in total. The Morgan fingerprint density at radius 2 is 1.84 bits per heavy atom. The van der Waals surface area contributed by atoms with Crippen LogP contribution in [0, 0.1) is 22.8 Å². The first kappa shape index (κ1) is 12.4. The van der Waals surface area contributed by atoms with E-state index >= 15 is 0 Å². The predicted octanol–water partition coefficient (Wildman–Crippen LogP) is 2.52. The summed E-state index contributed by atoms with van der Waals surface area (Å²) in [5.41, 5.74) is 1.89. The average Bonchev–Trinajstić information content (AvgIpc) is 2.47. The third-order valence-corrected chi connectivity index (χ3v) is 2.58. The molecular weight excluding hydrogens is 240 g/mol. The Hall–Kier alpha value is -3.05. The summed E-state index contributed by atoms with van der Waals surface area (Å²) in [5.74, 6) is 1.02. The molecule has 0 unspecified atom stereocenters. The number of ether oxygens (including phenoxy) is 1. The average molecular weight is 250 g/mol. The van der Waals surface area contributed by atoms with Crippen LogP contribution in [-0.4, -0.2) is 12.1 Å². The van der Waals surface area contributed by atoms with Crippen molar-refractivity contribution in [1.29, 1.82) is 10.5 Å². The van der Waals surface area contributed by atoms with Crippen LogP contribution >= 0.6 is 0 Å². The first-order valence-corrected chi connectivity index (χ1v) is 5.49. The minimum absolute atomic E-state index is 0.262. The molecule has 0 saturated carbocycles. The monoisotopic (exact) mass is 250 g/mol. The first-order chi connectivity index (χ1) is 9.28. The second kappa shape index (κ2) is 5.52. The molecule has 0 aliphatic carbocycles.